The van der Waals surface area contributed by atoms with E-state index in [2.05, 4.69) is 4.74 Å². The van der Waals surface area contributed by atoms with Gasteiger partial charge in [-0.1, -0.05) is 25.3 Å². The van der Waals surface area contributed by atoms with Crippen LogP contribution in [0.1, 0.15) is 54.7 Å². The highest BCUT2D eigenvalue weighted by Gasteiger charge is 2.38. The first-order chi connectivity index (χ1) is 12.3. The predicted octanol–water partition coefficient (Wildman–Crippen LogP) is 6.59. The summed E-state index contributed by atoms with van der Waals surface area (Å²) in [5.74, 6) is -3.65. The van der Waals surface area contributed by atoms with Crippen molar-refractivity contribution in [1.29, 1.82) is 0 Å². The second-order valence-corrected chi connectivity index (χ2v) is 6.70. The number of hydrogen-bond acceptors (Lipinski definition) is 1. The van der Waals surface area contributed by atoms with Gasteiger partial charge in [-0.25, -0.2) is 13.2 Å². The highest BCUT2D eigenvalue weighted by atomic mass is 19.3. The summed E-state index contributed by atoms with van der Waals surface area (Å²) in [6.07, 6.45) is 0.979. The van der Waals surface area contributed by atoms with E-state index in [0.29, 0.717) is 17.7 Å². The van der Waals surface area contributed by atoms with Crippen LogP contribution in [0.4, 0.5) is 22.0 Å². The molecule has 140 valence electrons. The van der Waals surface area contributed by atoms with Gasteiger partial charge in [-0.2, -0.15) is 8.78 Å². The molecule has 0 amide bonds. The Kier molecular flexibility index (Phi) is 5.21. The van der Waals surface area contributed by atoms with Gasteiger partial charge in [0.05, 0.1) is 5.56 Å². The van der Waals surface area contributed by atoms with Crippen LogP contribution >= 0.6 is 0 Å². The lowest BCUT2D eigenvalue weighted by Crippen LogP contribution is -2.24. The smallest absolute Gasteiger partial charge is 0.429 e. The van der Waals surface area contributed by atoms with Crippen LogP contribution in [0.2, 0.25) is 0 Å². The zero-order valence-corrected chi connectivity index (χ0v) is 14.3. The highest BCUT2D eigenvalue weighted by molar-refractivity contribution is 5.33. The monoisotopic (exact) mass is 370 g/mol. The average Bonchev–Trinajstić information content (AvgIpc) is 2.59. The van der Waals surface area contributed by atoms with E-state index in [0.717, 1.165) is 44.2 Å². The molecule has 0 atom stereocenters. The van der Waals surface area contributed by atoms with Gasteiger partial charge in [-0.15, -0.1) is 0 Å². The molecule has 2 aromatic rings. The van der Waals surface area contributed by atoms with Crippen molar-refractivity contribution in [1.82, 2.24) is 0 Å². The van der Waals surface area contributed by atoms with Crippen LogP contribution in [-0.2, 0) is 6.11 Å². The van der Waals surface area contributed by atoms with Gasteiger partial charge in [0.1, 0.15) is 23.2 Å². The van der Waals surface area contributed by atoms with E-state index in [1.54, 1.807) is 0 Å². The van der Waals surface area contributed by atoms with Crippen LogP contribution in [0.25, 0.3) is 0 Å². The molecule has 1 aliphatic rings. The lowest BCUT2D eigenvalue weighted by Gasteiger charge is -2.23. The lowest BCUT2D eigenvalue weighted by atomic mass is 9.84. The van der Waals surface area contributed by atoms with E-state index in [-0.39, 0.29) is 11.5 Å². The largest absolute Gasteiger partial charge is 0.429 e. The van der Waals surface area contributed by atoms with E-state index >= 15 is 0 Å². The Balaban J connectivity index is 1.84. The van der Waals surface area contributed by atoms with Gasteiger partial charge >= 0.3 is 6.11 Å². The van der Waals surface area contributed by atoms with Crippen molar-refractivity contribution >= 4 is 0 Å². The minimum absolute atomic E-state index is 0.169. The quantitative estimate of drug-likeness (QED) is 0.552. The molecule has 0 aromatic heterocycles. The Hall–Kier alpha value is -2.11. The zero-order valence-electron chi connectivity index (χ0n) is 14.3. The summed E-state index contributed by atoms with van der Waals surface area (Å²) >= 11 is 0. The minimum Gasteiger partial charge on any atom is -0.429 e. The van der Waals surface area contributed by atoms with Crippen molar-refractivity contribution in [3.63, 3.8) is 0 Å². The minimum atomic E-state index is -4.05. The third-order valence-corrected chi connectivity index (χ3v) is 4.88. The molecule has 0 aliphatic heterocycles. The van der Waals surface area contributed by atoms with E-state index in [1.165, 1.54) is 13.0 Å². The molecule has 2 aromatic carbocycles. The number of hydrogen-bond donors (Lipinski definition) is 0. The van der Waals surface area contributed by atoms with Crippen molar-refractivity contribution in [2.24, 2.45) is 0 Å². The van der Waals surface area contributed by atoms with E-state index < -0.39 is 34.9 Å². The summed E-state index contributed by atoms with van der Waals surface area (Å²) in [6, 6.07) is 4.88. The molecule has 0 spiro atoms. The Morgan fingerprint density at radius 3 is 2.08 bits per heavy atom. The molecule has 1 fully saturated rings. The molecule has 1 aliphatic carbocycles. The maximum Gasteiger partial charge on any atom is 0.429 e. The maximum atomic E-state index is 14.3. The van der Waals surface area contributed by atoms with Crippen molar-refractivity contribution < 1.29 is 26.7 Å². The normalized spacial score (nSPS) is 15.9. The van der Waals surface area contributed by atoms with E-state index in [1.807, 2.05) is 0 Å². The first kappa shape index (κ1) is 18.7. The summed E-state index contributed by atoms with van der Waals surface area (Å²) in [6.45, 7) is 1.18. The SMILES string of the molecule is Cc1c(F)cc(OC(F)(F)c2ccc(C3CCCCC3)cc2F)cc1F. The highest BCUT2D eigenvalue weighted by Crippen LogP contribution is 2.37. The van der Waals surface area contributed by atoms with Gasteiger partial charge in [0.25, 0.3) is 0 Å². The van der Waals surface area contributed by atoms with Crippen molar-refractivity contribution in [3.05, 3.63) is 64.5 Å². The van der Waals surface area contributed by atoms with Crippen LogP contribution in [0.15, 0.2) is 30.3 Å². The second kappa shape index (κ2) is 7.25. The molecule has 0 bridgehead atoms. The summed E-state index contributed by atoms with van der Waals surface area (Å²) < 4.78 is 74.4. The van der Waals surface area contributed by atoms with Crippen LogP contribution in [0.3, 0.4) is 0 Å². The average molecular weight is 370 g/mol. The maximum absolute atomic E-state index is 14.3. The summed E-state index contributed by atoms with van der Waals surface area (Å²) in [7, 11) is 0. The third-order valence-electron chi connectivity index (χ3n) is 4.88. The molecular formula is C20H19F5O. The number of benzene rings is 2. The summed E-state index contributed by atoms with van der Waals surface area (Å²) in [4.78, 5) is 0. The number of ether oxygens (including phenoxy) is 1. The molecule has 6 heteroatoms. The number of alkyl halides is 2. The second-order valence-electron chi connectivity index (χ2n) is 6.70. The van der Waals surface area contributed by atoms with Crippen LogP contribution < -0.4 is 4.74 Å². The van der Waals surface area contributed by atoms with Crippen LogP contribution in [0, 0.1) is 24.4 Å². The van der Waals surface area contributed by atoms with Crippen molar-refractivity contribution in [2.45, 2.75) is 51.1 Å². The fourth-order valence-corrected chi connectivity index (χ4v) is 3.34. The summed E-state index contributed by atoms with van der Waals surface area (Å²) in [5.41, 5.74) is -0.573. The molecule has 0 N–H and O–H groups in total. The molecule has 0 unspecified atom stereocenters. The van der Waals surface area contributed by atoms with Gasteiger partial charge in [-0.3, -0.25) is 0 Å². The fraction of sp³-hybridized carbons (Fsp3) is 0.400. The zero-order chi connectivity index (χ0) is 18.9. The molecular weight excluding hydrogens is 351 g/mol. The van der Waals surface area contributed by atoms with Crippen molar-refractivity contribution in [2.75, 3.05) is 0 Å². The molecule has 1 nitrogen and oxygen atoms in total. The van der Waals surface area contributed by atoms with Crippen molar-refractivity contribution in [3.8, 4) is 5.75 Å². The predicted molar refractivity (Wildman–Crippen MR) is 87.8 cm³/mol. The van der Waals surface area contributed by atoms with E-state index in [4.69, 9.17) is 0 Å². The van der Waals surface area contributed by atoms with Crippen LogP contribution in [0.5, 0.6) is 5.75 Å². The molecule has 0 heterocycles. The molecule has 0 radical (unpaired) electrons. The van der Waals surface area contributed by atoms with Gasteiger partial charge in [0, 0.05) is 17.7 Å². The molecule has 3 rings (SSSR count). The fourth-order valence-electron chi connectivity index (χ4n) is 3.34. The topological polar surface area (TPSA) is 9.23 Å². The standard InChI is InChI=1S/C20H19F5O/c1-12-17(21)10-15(11-18(12)22)26-20(24,25)16-8-7-14(9-19(16)23)13-5-3-2-4-6-13/h7-11,13H,2-6H2,1H3. The number of rotatable bonds is 4. The Morgan fingerprint density at radius 2 is 1.50 bits per heavy atom. The first-order valence-electron chi connectivity index (χ1n) is 8.60. The lowest BCUT2D eigenvalue weighted by molar-refractivity contribution is -0.187. The third kappa shape index (κ3) is 3.84. The van der Waals surface area contributed by atoms with E-state index in [9.17, 15) is 22.0 Å². The van der Waals surface area contributed by atoms with Gasteiger partial charge < -0.3 is 4.74 Å². The molecule has 0 saturated heterocycles. The number of halogens is 5. The Morgan fingerprint density at radius 1 is 0.885 bits per heavy atom. The van der Waals surface area contributed by atoms with Gasteiger partial charge in [0.15, 0.2) is 0 Å². The van der Waals surface area contributed by atoms with Gasteiger partial charge in [0.2, 0.25) is 0 Å². The summed E-state index contributed by atoms with van der Waals surface area (Å²) in [5, 5.41) is 0. The molecule has 1 saturated carbocycles. The van der Waals surface area contributed by atoms with Gasteiger partial charge in [-0.05, 0) is 43.4 Å². The van der Waals surface area contributed by atoms with Crippen LogP contribution in [-0.4, -0.2) is 0 Å². The Labute approximate surface area is 148 Å². The first-order valence-corrected chi connectivity index (χ1v) is 8.60. The Bertz CT molecular complexity index is 774. The molecule has 26 heavy (non-hydrogen) atoms.